The average Bonchev–Trinajstić information content (AvgIpc) is 1.94. The van der Waals surface area contributed by atoms with Crippen LogP contribution in [-0.2, 0) is 0 Å². The average molecular weight is 108 g/mol. The summed E-state index contributed by atoms with van der Waals surface area (Å²) in [6.45, 7) is 2.69. The van der Waals surface area contributed by atoms with Crippen molar-refractivity contribution in [1.82, 2.24) is 0 Å². The second-order valence-electron chi connectivity index (χ2n) is 1.70. The second kappa shape index (κ2) is 2.40. The molecule has 8 heavy (non-hydrogen) atoms. The van der Waals surface area contributed by atoms with Crippen molar-refractivity contribution in [2.24, 2.45) is 9.98 Å². The van der Waals surface area contributed by atoms with Crippen LogP contribution in [0.15, 0.2) is 21.8 Å². The maximum Gasteiger partial charge on any atom is 0.0742 e. The fourth-order valence-electron chi connectivity index (χ4n) is 0.495. The largest absolute Gasteiger partial charge is 0.287 e. The number of aliphatic imine (C=N–C) groups is 2. The van der Waals surface area contributed by atoms with Gasteiger partial charge in [0.2, 0.25) is 0 Å². The predicted molar refractivity (Wildman–Crippen MR) is 35.6 cm³/mol. The summed E-state index contributed by atoms with van der Waals surface area (Å²) >= 11 is 0. The van der Waals surface area contributed by atoms with E-state index in [0.29, 0.717) is 6.54 Å². The van der Waals surface area contributed by atoms with Gasteiger partial charge in [0.15, 0.2) is 0 Å². The highest BCUT2D eigenvalue weighted by molar-refractivity contribution is 5.81. The van der Waals surface area contributed by atoms with E-state index in [1.54, 1.807) is 12.4 Å². The SMILES string of the molecule is CC1=CN=CCN=C1. The maximum absolute atomic E-state index is 4.01. The van der Waals surface area contributed by atoms with E-state index in [-0.39, 0.29) is 0 Å². The molecule has 0 fully saturated rings. The Bertz CT molecular complexity index is 154. The standard InChI is InChI=1S/C6H8N2/c1-6-4-7-2-3-8-5-6/h2,4-5H,3H2,1H3. The monoisotopic (exact) mass is 108 g/mol. The van der Waals surface area contributed by atoms with Crippen molar-refractivity contribution >= 4 is 12.4 Å². The summed E-state index contributed by atoms with van der Waals surface area (Å²) in [5, 5.41) is 0. The van der Waals surface area contributed by atoms with E-state index in [2.05, 4.69) is 9.98 Å². The van der Waals surface area contributed by atoms with Crippen LogP contribution in [0.25, 0.3) is 0 Å². The van der Waals surface area contributed by atoms with E-state index in [0.717, 1.165) is 5.57 Å². The molecule has 0 atom stereocenters. The molecule has 2 heteroatoms. The Morgan fingerprint density at radius 1 is 1.62 bits per heavy atom. The van der Waals surface area contributed by atoms with Gasteiger partial charge in [0, 0.05) is 18.6 Å². The van der Waals surface area contributed by atoms with E-state index in [1.165, 1.54) is 0 Å². The number of allylic oxidation sites excluding steroid dienone is 1. The Morgan fingerprint density at radius 2 is 2.50 bits per heavy atom. The van der Waals surface area contributed by atoms with Gasteiger partial charge in [-0.3, -0.25) is 9.98 Å². The van der Waals surface area contributed by atoms with Gasteiger partial charge >= 0.3 is 0 Å². The van der Waals surface area contributed by atoms with Gasteiger partial charge in [-0.1, -0.05) is 0 Å². The summed E-state index contributed by atoms with van der Waals surface area (Å²) in [6.07, 6.45) is 5.41. The lowest BCUT2D eigenvalue weighted by Crippen LogP contribution is -1.77. The molecule has 0 N–H and O–H groups in total. The molecule has 1 aliphatic heterocycles. The highest BCUT2D eigenvalue weighted by Crippen LogP contribution is 1.90. The number of rotatable bonds is 0. The molecule has 0 aromatic carbocycles. The molecular weight excluding hydrogens is 100 g/mol. The fourth-order valence-corrected chi connectivity index (χ4v) is 0.495. The highest BCUT2D eigenvalue weighted by Gasteiger charge is 1.82. The van der Waals surface area contributed by atoms with Crippen LogP contribution in [0, 0.1) is 0 Å². The Balaban J connectivity index is 2.73. The topological polar surface area (TPSA) is 24.7 Å². The predicted octanol–water partition coefficient (Wildman–Crippen LogP) is 1.05. The van der Waals surface area contributed by atoms with Crippen LogP contribution in [0.5, 0.6) is 0 Å². The van der Waals surface area contributed by atoms with Crippen molar-refractivity contribution in [1.29, 1.82) is 0 Å². The van der Waals surface area contributed by atoms with Gasteiger partial charge in [0.05, 0.1) is 6.54 Å². The van der Waals surface area contributed by atoms with Crippen molar-refractivity contribution < 1.29 is 0 Å². The van der Waals surface area contributed by atoms with Crippen LogP contribution in [0.1, 0.15) is 6.92 Å². The normalized spacial score (nSPS) is 17.9. The van der Waals surface area contributed by atoms with Crippen LogP contribution in [0.2, 0.25) is 0 Å². The van der Waals surface area contributed by atoms with Crippen LogP contribution in [0.3, 0.4) is 0 Å². The van der Waals surface area contributed by atoms with Crippen molar-refractivity contribution in [2.45, 2.75) is 6.92 Å². The molecule has 0 aromatic rings. The van der Waals surface area contributed by atoms with Crippen molar-refractivity contribution in [3.8, 4) is 0 Å². The smallest absolute Gasteiger partial charge is 0.0742 e. The molecule has 0 amide bonds. The Kier molecular flexibility index (Phi) is 1.57. The van der Waals surface area contributed by atoms with Gasteiger partial charge < -0.3 is 0 Å². The lowest BCUT2D eigenvalue weighted by atomic mass is 10.4. The van der Waals surface area contributed by atoms with Crippen molar-refractivity contribution in [2.75, 3.05) is 6.54 Å². The van der Waals surface area contributed by atoms with Gasteiger partial charge in [-0.25, -0.2) is 0 Å². The number of hydrogen-bond donors (Lipinski definition) is 0. The highest BCUT2D eigenvalue weighted by atomic mass is 14.8. The lowest BCUT2D eigenvalue weighted by Gasteiger charge is -1.79. The molecule has 0 saturated carbocycles. The van der Waals surface area contributed by atoms with Crippen LogP contribution in [0.4, 0.5) is 0 Å². The molecule has 2 nitrogen and oxygen atoms in total. The molecule has 0 aliphatic carbocycles. The molecule has 0 radical (unpaired) electrons. The van der Waals surface area contributed by atoms with Crippen LogP contribution < -0.4 is 0 Å². The lowest BCUT2D eigenvalue weighted by molar-refractivity contribution is 1.34. The Hall–Kier alpha value is -0.920. The first-order valence-corrected chi connectivity index (χ1v) is 2.58. The van der Waals surface area contributed by atoms with Crippen LogP contribution >= 0.6 is 0 Å². The molecular formula is C6H8N2. The van der Waals surface area contributed by atoms with E-state index in [4.69, 9.17) is 0 Å². The first kappa shape index (κ1) is 5.22. The first-order valence-electron chi connectivity index (χ1n) is 2.58. The molecule has 0 saturated heterocycles. The first-order chi connectivity index (χ1) is 3.89. The zero-order valence-corrected chi connectivity index (χ0v) is 4.83. The van der Waals surface area contributed by atoms with Gasteiger partial charge in [-0.05, 0) is 12.5 Å². The molecule has 0 spiro atoms. The zero-order chi connectivity index (χ0) is 5.82. The summed E-state index contributed by atoms with van der Waals surface area (Å²) in [5.74, 6) is 0. The quantitative estimate of drug-likeness (QED) is 0.443. The molecule has 0 aromatic heterocycles. The molecule has 42 valence electrons. The van der Waals surface area contributed by atoms with Crippen molar-refractivity contribution in [3.63, 3.8) is 0 Å². The van der Waals surface area contributed by atoms with Crippen molar-refractivity contribution in [3.05, 3.63) is 11.8 Å². The summed E-state index contributed by atoms with van der Waals surface area (Å²) in [4.78, 5) is 7.95. The van der Waals surface area contributed by atoms with Gasteiger partial charge in [0.25, 0.3) is 0 Å². The third kappa shape index (κ3) is 1.30. The van der Waals surface area contributed by atoms with Gasteiger partial charge in [-0.15, -0.1) is 0 Å². The Labute approximate surface area is 48.7 Å². The van der Waals surface area contributed by atoms with Gasteiger partial charge in [0.1, 0.15) is 0 Å². The third-order valence-corrected chi connectivity index (χ3v) is 0.866. The maximum atomic E-state index is 4.01. The molecule has 1 rings (SSSR count). The van der Waals surface area contributed by atoms with E-state index < -0.39 is 0 Å². The number of hydrogen-bond acceptors (Lipinski definition) is 2. The summed E-state index contributed by atoms with van der Waals surface area (Å²) < 4.78 is 0. The van der Waals surface area contributed by atoms with Gasteiger partial charge in [-0.2, -0.15) is 0 Å². The minimum Gasteiger partial charge on any atom is -0.287 e. The number of nitrogens with zero attached hydrogens (tertiary/aromatic N) is 2. The summed E-state index contributed by atoms with van der Waals surface area (Å²) in [5.41, 5.74) is 1.11. The minimum atomic E-state index is 0.716. The molecule has 0 bridgehead atoms. The molecule has 0 unspecified atom stereocenters. The molecule has 1 heterocycles. The minimum absolute atomic E-state index is 0.716. The molecule has 1 aliphatic rings. The zero-order valence-electron chi connectivity index (χ0n) is 4.83. The Morgan fingerprint density at radius 3 is 3.38 bits per heavy atom. The fraction of sp³-hybridized carbons (Fsp3) is 0.333. The summed E-state index contributed by atoms with van der Waals surface area (Å²) in [7, 11) is 0. The second-order valence-corrected chi connectivity index (χ2v) is 1.70. The van der Waals surface area contributed by atoms with E-state index in [1.807, 2.05) is 13.1 Å². The van der Waals surface area contributed by atoms with E-state index >= 15 is 0 Å². The summed E-state index contributed by atoms with van der Waals surface area (Å²) in [6, 6.07) is 0. The van der Waals surface area contributed by atoms with Crippen LogP contribution in [-0.4, -0.2) is 19.0 Å². The third-order valence-electron chi connectivity index (χ3n) is 0.866. The van der Waals surface area contributed by atoms with E-state index in [9.17, 15) is 0 Å².